The molecule has 2 unspecified atom stereocenters. The van der Waals surface area contributed by atoms with Gasteiger partial charge in [-0.1, -0.05) is 0 Å². The third-order valence-corrected chi connectivity index (χ3v) is 3.75. The summed E-state index contributed by atoms with van der Waals surface area (Å²) < 4.78 is 10.8. The van der Waals surface area contributed by atoms with Gasteiger partial charge < -0.3 is 20.1 Å². The molecule has 1 aromatic carbocycles. The third-order valence-electron chi connectivity index (χ3n) is 3.53. The minimum absolute atomic E-state index is 0.0333. The molecular weight excluding hydrogens is 306 g/mol. The molecule has 0 bridgehead atoms. The van der Waals surface area contributed by atoms with Crippen molar-refractivity contribution in [2.45, 2.75) is 31.9 Å². The molecule has 120 valence electrons. The minimum atomic E-state index is -0.470. The number of nitro groups is 1. The lowest BCUT2D eigenvalue weighted by atomic mass is 10.1. The maximum absolute atomic E-state index is 10.8. The summed E-state index contributed by atoms with van der Waals surface area (Å²) in [7, 11) is 1.45. The lowest BCUT2D eigenvalue weighted by molar-refractivity contribution is -0.384. The maximum Gasteiger partial charge on any atom is 0.273 e. The summed E-state index contributed by atoms with van der Waals surface area (Å²) in [5.41, 5.74) is 0.541. The molecule has 1 aromatic rings. The summed E-state index contributed by atoms with van der Waals surface area (Å²) in [5, 5.41) is 17.4. The fraction of sp³-hybridized carbons (Fsp3) is 0.500. The second kappa shape index (κ2) is 7.37. The smallest absolute Gasteiger partial charge is 0.273 e. The van der Waals surface area contributed by atoms with Crippen molar-refractivity contribution in [1.29, 1.82) is 0 Å². The molecule has 1 aliphatic heterocycles. The molecule has 2 atom stereocenters. The number of ether oxygens (including phenoxy) is 2. The molecule has 1 fully saturated rings. The molecule has 0 aromatic heterocycles. The Balaban J connectivity index is 1.99. The molecular formula is C14H19N3O4S. The van der Waals surface area contributed by atoms with Gasteiger partial charge in [0.25, 0.3) is 5.69 Å². The SMILES string of the molecule is COc1cc([N+](=O)[O-])ccc1NC(=S)NC(C)C1CCCO1. The second-order valence-electron chi connectivity index (χ2n) is 5.08. The van der Waals surface area contributed by atoms with Crippen molar-refractivity contribution in [3.8, 4) is 5.75 Å². The maximum atomic E-state index is 10.8. The Kier molecular flexibility index (Phi) is 5.51. The van der Waals surface area contributed by atoms with Gasteiger partial charge >= 0.3 is 0 Å². The van der Waals surface area contributed by atoms with Crippen molar-refractivity contribution in [3.63, 3.8) is 0 Å². The zero-order valence-electron chi connectivity index (χ0n) is 12.5. The number of non-ortho nitro benzene ring substituents is 1. The van der Waals surface area contributed by atoms with Crippen LogP contribution in [0.3, 0.4) is 0 Å². The number of hydrogen-bond acceptors (Lipinski definition) is 5. The predicted octanol–water partition coefficient (Wildman–Crippen LogP) is 2.46. The van der Waals surface area contributed by atoms with Crippen LogP contribution in [-0.2, 0) is 4.74 Å². The van der Waals surface area contributed by atoms with Crippen LogP contribution in [0.5, 0.6) is 5.75 Å². The molecule has 1 heterocycles. The molecule has 0 amide bonds. The first kappa shape index (κ1) is 16.4. The monoisotopic (exact) mass is 325 g/mol. The molecule has 1 saturated heterocycles. The van der Waals surface area contributed by atoms with E-state index in [1.54, 1.807) is 6.07 Å². The van der Waals surface area contributed by atoms with E-state index in [9.17, 15) is 10.1 Å². The normalized spacial score (nSPS) is 18.5. The molecule has 2 rings (SSSR count). The number of hydrogen-bond donors (Lipinski definition) is 2. The second-order valence-corrected chi connectivity index (χ2v) is 5.49. The van der Waals surface area contributed by atoms with E-state index >= 15 is 0 Å². The van der Waals surface area contributed by atoms with Crippen molar-refractivity contribution >= 4 is 28.7 Å². The van der Waals surface area contributed by atoms with E-state index in [2.05, 4.69) is 10.6 Å². The van der Waals surface area contributed by atoms with Gasteiger partial charge in [-0.3, -0.25) is 10.1 Å². The highest BCUT2D eigenvalue weighted by molar-refractivity contribution is 7.80. The molecule has 0 radical (unpaired) electrons. The van der Waals surface area contributed by atoms with Crippen LogP contribution in [0, 0.1) is 10.1 Å². The summed E-state index contributed by atoms with van der Waals surface area (Å²) >= 11 is 5.27. The largest absolute Gasteiger partial charge is 0.494 e. The van der Waals surface area contributed by atoms with Crippen LogP contribution >= 0.6 is 12.2 Å². The van der Waals surface area contributed by atoms with Crippen molar-refractivity contribution in [2.24, 2.45) is 0 Å². The number of anilines is 1. The van der Waals surface area contributed by atoms with Gasteiger partial charge in [-0.05, 0) is 38.0 Å². The Hall–Kier alpha value is -1.93. The Labute approximate surface area is 134 Å². The highest BCUT2D eigenvalue weighted by Crippen LogP contribution is 2.29. The number of rotatable bonds is 5. The van der Waals surface area contributed by atoms with Gasteiger partial charge in [0.1, 0.15) is 5.75 Å². The Bertz CT molecular complexity index is 561. The summed E-state index contributed by atoms with van der Waals surface area (Å²) in [6, 6.07) is 4.42. The lowest BCUT2D eigenvalue weighted by Gasteiger charge is -2.22. The number of nitrogens with one attached hydrogen (secondary N) is 2. The summed E-state index contributed by atoms with van der Waals surface area (Å²) in [5.74, 6) is 0.364. The van der Waals surface area contributed by atoms with Gasteiger partial charge in [-0.15, -0.1) is 0 Å². The standard InChI is InChI=1S/C14H19N3O4S/c1-9(12-4-3-7-21-12)15-14(22)16-11-6-5-10(17(18)19)8-13(11)20-2/h5-6,8-9,12H,3-4,7H2,1-2H3,(H2,15,16,22). The van der Waals surface area contributed by atoms with E-state index in [4.69, 9.17) is 21.7 Å². The van der Waals surface area contributed by atoms with Gasteiger partial charge in [-0.25, -0.2) is 0 Å². The van der Waals surface area contributed by atoms with Crippen LogP contribution in [0.1, 0.15) is 19.8 Å². The Morgan fingerprint density at radius 1 is 1.59 bits per heavy atom. The molecule has 22 heavy (non-hydrogen) atoms. The van der Waals surface area contributed by atoms with Gasteiger partial charge in [0, 0.05) is 12.7 Å². The average molecular weight is 325 g/mol. The Morgan fingerprint density at radius 3 is 2.95 bits per heavy atom. The molecule has 0 saturated carbocycles. The number of nitro benzene ring substituents is 1. The molecule has 8 heteroatoms. The van der Waals surface area contributed by atoms with Crippen molar-refractivity contribution in [1.82, 2.24) is 5.32 Å². The first-order chi connectivity index (χ1) is 10.5. The molecule has 0 aliphatic carbocycles. The number of thiocarbonyl (C=S) groups is 1. The summed E-state index contributed by atoms with van der Waals surface area (Å²) in [4.78, 5) is 10.3. The fourth-order valence-corrected chi connectivity index (χ4v) is 2.65. The van der Waals surface area contributed by atoms with Crippen LogP contribution in [0.15, 0.2) is 18.2 Å². The van der Waals surface area contributed by atoms with Gasteiger partial charge in [-0.2, -0.15) is 0 Å². The molecule has 1 aliphatic rings. The fourth-order valence-electron chi connectivity index (χ4n) is 2.35. The summed E-state index contributed by atoms with van der Waals surface area (Å²) in [6.45, 7) is 2.80. The molecule has 2 N–H and O–H groups in total. The average Bonchev–Trinajstić information content (AvgIpc) is 3.01. The number of nitrogens with zero attached hydrogens (tertiary/aromatic N) is 1. The lowest BCUT2D eigenvalue weighted by Crippen LogP contribution is -2.42. The van der Waals surface area contributed by atoms with Crippen LogP contribution in [0.25, 0.3) is 0 Å². The van der Waals surface area contributed by atoms with Crippen molar-refractivity contribution < 1.29 is 14.4 Å². The first-order valence-corrected chi connectivity index (χ1v) is 7.43. The summed E-state index contributed by atoms with van der Waals surface area (Å²) in [6.07, 6.45) is 2.23. The van der Waals surface area contributed by atoms with Crippen LogP contribution in [-0.4, -0.2) is 35.9 Å². The highest BCUT2D eigenvalue weighted by Gasteiger charge is 2.23. The van der Waals surface area contributed by atoms with E-state index in [0.717, 1.165) is 19.4 Å². The van der Waals surface area contributed by atoms with E-state index in [0.29, 0.717) is 16.5 Å². The predicted molar refractivity (Wildman–Crippen MR) is 87.4 cm³/mol. The minimum Gasteiger partial charge on any atom is -0.494 e. The van der Waals surface area contributed by atoms with Gasteiger partial charge in [0.05, 0.1) is 35.9 Å². The van der Waals surface area contributed by atoms with Crippen LogP contribution in [0.4, 0.5) is 11.4 Å². The highest BCUT2D eigenvalue weighted by atomic mass is 32.1. The number of benzene rings is 1. The van der Waals surface area contributed by atoms with Gasteiger partial charge in [0.2, 0.25) is 0 Å². The quantitative estimate of drug-likeness (QED) is 0.488. The molecule has 7 nitrogen and oxygen atoms in total. The zero-order valence-corrected chi connectivity index (χ0v) is 13.3. The van der Waals surface area contributed by atoms with Gasteiger partial charge in [0.15, 0.2) is 5.11 Å². The Morgan fingerprint density at radius 2 is 2.36 bits per heavy atom. The van der Waals surface area contributed by atoms with E-state index in [1.165, 1.54) is 19.2 Å². The first-order valence-electron chi connectivity index (χ1n) is 7.03. The number of methoxy groups -OCH3 is 1. The van der Waals surface area contributed by atoms with E-state index in [1.807, 2.05) is 6.92 Å². The van der Waals surface area contributed by atoms with Crippen molar-refractivity contribution in [2.75, 3.05) is 19.0 Å². The zero-order chi connectivity index (χ0) is 16.1. The van der Waals surface area contributed by atoms with E-state index < -0.39 is 4.92 Å². The third kappa shape index (κ3) is 4.05. The van der Waals surface area contributed by atoms with Crippen LogP contribution < -0.4 is 15.4 Å². The van der Waals surface area contributed by atoms with E-state index in [-0.39, 0.29) is 17.8 Å². The van der Waals surface area contributed by atoms with Crippen molar-refractivity contribution in [3.05, 3.63) is 28.3 Å². The molecule has 0 spiro atoms. The topological polar surface area (TPSA) is 85.7 Å². The van der Waals surface area contributed by atoms with Crippen LogP contribution in [0.2, 0.25) is 0 Å².